The molecule has 0 aliphatic heterocycles. The highest BCUT2D eigenvalue weighted by Crippen LogP contribution is 2.13. The van der Waals surface area contributed by atoms with Gasteiger partial charge in [0, 0.05) is 24.4 Å². The van der Waals surface area contributed by atoms with Crippen molar-refractivity contribution in [3.05, 3.63) is 66.0 Å². The number of hydrogen-bond donors (Lipinski definition) is 1. The number of rotatable bonds is 3. The highest BCUT2D eigenvalue weighted by Gasteiger charge is 2.06. The molecule has 2 aromatic rings. The molecule has 1 aromatic heterocycles. The van der Waals surface area contributed by atoms with Crippen molar-refractivity contribution in [1.29, 1.82) is 0 Å². The van der Waals surface area contributed by atoms with Gasteiger partial charge in [-0.25, -0.2) is 0 Å². The van der Waals surface area contributed by atoms with Crippen molar-refractivity contribution in [3.8, 4) is 0 Å². The average Bonchev–Trinajstić information content (AvgIpc) is 2.31. The summed E-state index contributed by atoms with van der Waals surface area (Å²) in [7, 11) is 0. The van der Waals surface area contributed by atoms with Gasteiger partial charge in [-0.05, 0) is 17.7 Å². The van der Waals surface area contributed by atoms with Gasteiger partial charge >= 0.3 is 0 Å². The molecule has 0 aliphatic carbocycles. The van der Waals surface area contributed by atoms with Gasteiger partial charge in [0.05, 0.1) is 0 Å². The van der Waals surface area contributed by atoms with Gasteiger partial charge in [0.2, 0.25) is 0 Å². The first kappa shape index (κ1) is 15.9. The molecule has 0 bridgehead atoms. The Balaban J connectivity index is 0.00000128. The zero-order chi connectivity index (χ0) is 10.5. The molecule has 1 heterocycles. The molecule has 0 unspecified atom stereocenters. The van der Waals surface area contributed by atoms with Crippen LogP contribution in [0.1, 0.15) is 17.3 Å². The maximum atomic E-state index is 6.09. The van der Waals surface area contributed by atoms with Crippen molar-refractivity contribution in [2.45, 2.75) is 12.5 Å². The van der Waals surface area contributed by atoms with E-state index in [1.54, 1.807) is 6.20 Å². The van der Waals surface area contributed by atoms with E-state index in [2.05, 4.69) is 4.98 Å². The Labute approximate surface area is 114 Å². The largest absolute Gasteiger partial charge is 0.324 e. The van der Waals surface area contributed by atoms with Crippen molar-refractivity contribution in [3.63, 3.8) is 0 Å². The summed E-state index contributed by atoms with van der Waals surface area (Å²) in [4.78, 5) is 4.26. The van der Waals surface area contributed by atoms with Crippen LogP contribution in [0, 0.1) is 0 Å². The summed E-state index contributed by atoms with van der Waals surface area (Å²) in [6.07, 6.45) is 2.58. The topological polar surface area (TPSA) is 38.9 Å². The number of hydrogen-bond acceptors (Lipinski definition) is 2. The van der Waals surface area contributed by atoms with Gasteiger partial charge in [-0.1, -0.05) is 36.4 Å². The molecule has 0 saturated carbocycles. The van der Waals surface area contributed by atoms with Crippen LogP contribution < -0.4 is 5.73 Å². The molecule has 17 heavy (non-hydrogen) atoms. The fourth-order valence-electron chi connectivity index (χ4n) is 1.56. The second kappa shape index (κ2) is 8.07. The fourth-order valence-corrected chi connectivity index (χ4v) is 1.56. The maximum Gasteiger partial charge on any atom is 0.0422 e. The smallest absolute Gasteiger partial charge is 0.0422 e. The molecule has 0 aliphatic rings. The van der Waals surface area contributed by atoms with Crippen molar-refractivity contribution in [2.75, 3.05) is 0 Å². The minimum absolute atomic E-state index is 0. The third-order valence-electron chi connectivity index (χ3n) is 2.38. The van der Waals surface area contributed by atoms with Crippen LogP contribution in [0.15, 0.2) is 54.7 Å². The molecule has 0 saturated heterocycles. The molecule has 92 valence electrons. The van der Waals surface area contributed by atoms with Crippen molar-refractivity contribution in [2.24, 2.45) is 5.73 Å². The molecule has 2 rings (SSSR count). The maximum absolute atomic E-state index is 6.09. The van der Waals surface area contributed by atoms with E-state index in [0.29, 0.717) is 0 Å². The summed E-state index contributed by atoms with van der Waals surface area (Å²) in [6, 6.07) is 16.0. The summed E-state index contributed by atoms with van der Waals surface area (Å²) in [5.74, 6) is 0. The fraction of sp³-hybridized carbons (Fsp3) is 0.154. The summed E-state index contributed by atoms with van der Waals surface area (Å²) in [5.41, 5.74) is 8.28. The van der Waals surface area contributed by atoms with E-state index in [1.807, 2.05) is 48.5 Å². The lowest BCUT2D eigenvalue weighted by Gasteiger charge is -2.10. The monoisotopic (exact) mass is 270 g/mol. The van der Waals surface area contributed by atoms with E-state index in [0.717, 1.165) is 17.7 Å². The molecular weight excluding hydrogens is 255 g/mol. The number of halogens is 2. The van der Waals surface area contributed by atoms with Gasteiger partial charge in [0.25, 0.3) is 0 Å². The molecule has 0 spiro atoms. The number of benzene rings is 1. The molecule has 1 atom stereocenters. The Bertz CT molecular complexity index is 406. The Morgan fingerprint density at radius 2 is 1.59 bits per heavy atom. The van der Waals surface area contributed by atoms with Crippen LogP contribution in [-0.4, -0.2) is 4.98 Å². The lowest BCUT2D eigenvalue weighted by Crippen LogP contribution is -2.13. The number of nitrogens with zero attached hydrogens (tertiary/aromatic N) is 1. The van der Waals surface area contributed by atoms with E-state index in [1.165, 1.54) is 0 Å². The zero-order valence-corrected chi connectivity index (χ0v) is 11.0. The van der Waals surface area contributed by atoms with E-state index in [-0.39, 0.29) is 30.9 Å². The molecule has 4 heteroatoms. The Kier molecular flexibility index (Phi) is 7.55. The Morgan fingerprint density at radius 1 is 0.941 bits per heavy atom. The number of aromatic nitrogens is 1. The van der Waals surface area contributed by atoms with Gasteiger partial charge in [-0.3, -0.25) is 4.98 Å². The first-order chi connectivity index (χ1) is 7.36. The summed E-state index contributed by atoms with van der Waals surface area (Å²) in [6.45, 7) is 0. The number of pyridine rings is 1. The summed E-state index contributed by atoms with van der Waals surface area (Å²) >= 11 is 0. The van der Waals surface area contributed by atoms with Crippen LogP contribution in [0.5, 0.6) is 0 Å². The van der Waals surface area contributed by atoms with E-state index in [4.69, 9.17) is 5.73 Å². The van der Waals surface area contributed by atoms with Gasteiger partial charge in [0.15, 0.2) is 0 Å². The van der Waals surface area contributed by atoms with Crippen LogP contribution in [0.25, 0.3) is 0 Å². The second-order valence-electron chi connectivity index (χ2n) is 3.54. The Hall–Kier alpha value is -1.09. The minimum Gasteiger partial charge on any atom is -0.324 e. The predicted molar refractivity (Wildman–Crippen MR) is 75.8 cm³/mol. The Morgan fingerprint density at radius 3 is 2.18 bits per heavy atom. The first-order valence-corrected chi connectivity index (χ1v) is 5.06. The summed E-state index contributed by atoms with van der Waals surface area (Å²) < 4.78 is 0. The molecule has 1 aromatic carbocycles. The molecule has 0 amide bonds. The molecular formula is C13H16Cl2N2. The van der Waals surface area contributed by atoms with Crippen LogP contribution in [0.4, 0.5) is 0 Å². The molecule has 2 nitrogen and oxygen atoms in total. The van der Waals surface area contributed by atoms with Crippen molar-refractivity contribution < 1.29 is 0 Å². The zero-order valence-electron chi connectivity index (χ0n) is 9.32. The SMILES string of the molecule is Cl.Cl.N[C@@H](Cc1ccccn1)c1ccccc1. The van der Waals surface area contributed by atoms with Gasteiger partial charge < -0.3 is 5.73 Å². The third-order valence-corrected chi connectivity index (χ3v) is 2.38. The molecule has 2 N–H and O–H groups in total. The second-order valence-corrected chi connectivity index (χ2v) is 3.54. The first-order valence-electron chi connectivity index (χ1n) is 5.06. The lowest BCUT2D eigenvalue weighted by atomic mass is 10.0. The van der Waals surface area contributed by atoms with Gasteiger partial charge in [-0.15, -0.1) is 24.8 Å². The van der Waals surface area contributed by atoms with Gasteiger partial charge in [0.1, 0.15) is 0 Å². The highest BCUT2D eigenvalue weighted by molar-refractivity contribution is 5.85. The van der Waals surface area contributed by atoms with Gasteiger partial charge in [-0.2, -0.15) is 0 Å². The average molecular weight is 271 g/mol. The van der Waals surface area contributed by atoms with Crippen LogP contribution >= 0.6 is 24.8 Å². The van der Waals surface area contributed by atoms with E-state index < -0.39 is 0 Å². The highest BCUT2D eigenvalue weighted by atomic mass is 35.5. The third kappa shape index (κ3) is 4.73. The van der Waals surface area contributed by atoms with Crippen LogP contribution in [0.3, 0.4) is 0 Å². The van der Waals surface area contributed by atoms with Crippen LogP contribution in [-0.2, 0) is 6.42 Å². The molecule has 0 fully saturated rings. The van der Waals surface area contributed by atoms with Crippen molar-refractivity contribution in [1.82, 2.24) is 4.98 Å². The standard InChI is InChI=1S/C13H14N2.2ClH/c14-13(11-6-2-1-3-7-11)10-12-8-4-5-9-15-12;;/h1-9,13H,10,14H2;2*1H/t13-;;/m0../s1. The normalized spacial score (nSPS) is 10.9. The van der Waals surface area contributed by atoms with Crippen molar-refractivity contribution >= 4 is 24.8 Å². The predicted octanol–water partition coefficient (Wildman–Crippen LogP) is 3.17. The lowest BCUT2D eigenvalue weighted by molar-refractivity contribution is 0.707. The number of nitrogens with two attached hydrogens (primary N) is 1. The minimum atomic E-state index is 0. The van der Waals surface area contributed by atoms with E-state index >= 15 is 0 Å². The quantitative estimate of drug-likeness (QED) is 0.931. The van der Waals surface area contributed by atoms with E-state index in [9.17, 15) is 0 Å². The molecule has 0 radical (unpaired) electrons. The summed E-state index contributed by atoms with van der Waals surface area (Å²) in [5, 5.41) is 0. The van der Waals surface area contributed by atoms with Crippen LogP contribution in [0.2, 0.25) is 0 Å².